The molecule has 0 spiro atoms. The van der Waals surface area contributed by atoms with Gasteiger partial charge < -0.3 is 14.7 Å². The number of anilines is 1. The second-order valence-electron chi connectivity index (χ2n) is 11.5. The molecule has 2 heterocycles. The number of nitrogens with zero attached hydrogens (tertiary/aromatic N) is 2. The molecule has 5 heteroatoms. The third kappa shape index (κ3) is 6.08. The molecule has 0 radical (unpaired) electrons. The van der Waals surface area contributed by atoms with Crippen molar-refractivity contribution in [3.63, 3.8) is 0 Å². The molecule has 0 unspecified atom stereocenters. The van der Waals surface area contributed by atoms with Crippen LogP contribution in [0.1, 0.15) is 49.2 Å². The summed E-state index contributed by atoms with van der Waals surface area (Å²) in [6.45, 7) is 11.0. The fourth-order valence-electron chi connectivity index (χ4n) is 5.66. The van der Waals surface area contributed by atoms with Crippen LogP contribution in [0.15, 0.2) is 66.7 Å². The zero-order chi connectivity index (χ0) is 27.6. The van der Waals surface area contributed by atoms with Crippen molar-refractivity contribution in [1.82, 2.24) is 4.98 Å². The number of ether oxygens (including phenoxy) is 1. The predicted octanol–water partition coefficient (Wildman–Crippen LogP) is 7.39. The summed E-state index contributed by atoms with van der Waals surface area (Å²) in [5.41, 5.74) is 7.19. The zero-order valence-corrected chi connectivity index (χ0v) is 23.5. The summed E-state index contributed by atoms with van der Waals surface area (Å²) >= 11 is 0. The van der Waals surface area contributed by atoms with Crippen LogP contribution >= 0.6 is 0 Å². The summed E-state index contributed by atoms with van der Waals surface area (Å²) < 4.78 is 6.10. The van der Waals surface area contributed by atoms with Crippen LogP contribution in [0.3, 0.4) is 0 Å². The number of hydrogen-bond donors (Lipinski definition) is 1. The molecule has 1 fully saturated rings. The molecule has 0 atom stereocenters. The monoisotopic (exact) mass is 522 g/mol. The molecule has 39 heavy (non-hydrogen) atoms. The Morgan fingerprint density at radius 1 is 0.949 bits per heavy atom. The van der Waals surface area contributed by atoms with Crippen molar-refractivity contribution in [1.29, 1.82) is 0 Å². The fraction of sp³-hybridized carbons (Fsp3) is 0.353. The minimum Gasteiger partial charge on any atom is -0.493 e. The third-order valence-corrected chi connectivity index (χ3v) is 8.03. The van der Waals surface area contributed by atoms with E-state index in [0.717, 1.165) is 71.9 Å². The first-order chi connectivity index (χ1) is 18.7. The van der Waals surface area contributed by atoms with E-state index in [1.807, 2.05) is 26.0 Å². The van der Waals surface area contributed by atoms with Crippen LogP contribution in [0.25, 0.3) is 21.9 Å². The van der Waals surface area contributed by atoms with E-state index in [2.05, 4.69) is 73.3 Å². The van der Waals surface area contributed by atoms with Crippen molar-refractivity contribution >= 4 is 22.4 Å². The van der Waals surface area contributed by atoms with E-state index in [4.69, 9.17) is 9.72 Å². The van der Waals surface area contributed by atoms with Gasteiger partial charge in [0, 0.05) is 42.0 Å². The number of aliphatic carboxylic acids is 1. The molecule has 1 aliphatic rings. The van der Waals surface area contributed by atoms with Crippen LogP contribution in [0, 0.1) is 19.3 Å². The van der Waals surface area contributed by atoms with Gasteiger partial charge in [-0.25, -0.2) is 0 Å². The van der Waals surface area contributed by atoms with Crippen molar-refractivity contribution in [2.75, 3.05) is 24.6 Å². The third-order valence-electron chi connectivity index (χ3n) is 8.03. The molecule has 202 valence electrons. The average molecular weight is 523 g/mol. The lowest BCUT2D eigenvalue weighted by Gasteiger charge is -2.40. The van der Waals surface area contributed by atoms with Gasteiger partial charge >= 0.3 is 5.97 Å². The molecule has 4 aromatic rings. The van der Waals surface area contributed by atoms with E-state index in [1.165, 1.54) is 16.3 Å². The normalized spacial score (nSPS) is 14.9. The molecule has 1 saturated heterocycles. The molecule has 0 saturated carbocycles. The van der Waals surface area contributed by atoms with Gasteiger partial charge in [-0.15, -0.1) is 0 Å². The highest BCUT2D eigenvalue weighted by Gasteiger charge is 2.30. The number of aryl methyl sites for hydroxylation is 2. The lowest BCUT2D eigenvalue weighted by Crippen LogP contribution is -2.38. The largest absolute Gasteiger partial charge is 0.493 e. The van der Waals surface area contributed by atoms with Gasteiger partial charge in [0.25, 0.3) is 0 Å². The number of hydrogen-bond acceptors (Lipinski definition) is 4. The van der Waals surface area contributed by atoms with E-state index < -0.39 is 5.97 Å². The van der Waals surface area contributed by atoms with E-state index in [-0.39, 0.29) is 6.42 Å². The molecular formula is C34H38N2O3. The second-order valence-corrected chi connectivity index (χ2v) is 11.5. The van der Waals surface area contributed by atoms with Gasteiger partial charge in [0.2, 0.25) is 0 Å². The minimum absolute atomic E-state index is 0.0305. The van der Waals surface area contributed by atoms with Gasteiger partial charge in [-0.2, -0.15) is 0 Å². The summed E-state index contributed by atoms with van der Waals surface area (Å²) in [6.07, 6.45) is 2.95. The number of carboxylic acid groups (broad SMARTS) is 1. The summed E-state index contributed by atoms with van der Waals surface area (Å²) in [5, 5.41) is 12.2. The summed E-state index contributed by atoms with van der Waals surface area (Å²) in [4.78, 5) is 19.0. The van der Waals surface area contributed by atoms with E-state index in [9.17, 15) is 9.90 Å². The average Bonchev–Trinajstić information content (AvgIpc) is 2.90. The van der Waals surface area contributed by atoms with Crippen molar-refractivity contribution < 1.29 is 14.6 Å². The molecule has 3 aromatic carbocycles. The molecule has 0 aliphatic carbocycles. The van der Waals surface area contributed by atoms with Crippen molar-refractivity contribution in [2.45, 2.75) is 53.4 Å². The number of carbonyl (C=O) groups is 1. The number of piperidine rings is 1. The minimum atomic E-state index is -0.830. The van der Waals surface area contributed by atoms with Crippen LogP contribution in [-0.2, 0) is 17.6 Å². The van der Waals surface area contributed by atoms with Gasteiger partial charge in [-0.3, -0.25) is 9.78 Å². The molecule has 0 bridgehead atoms. The summed E-state index contributed by atoms with van der Waals surface area (Å²) in [6, 6.07) is 23.1. The highest BCUT2D eigenvalue weighted by atomic mass is 16.5. The maximum Gasteiger partial charge on any atom is 0.307 e. The van der Waals surface area contributed by atoms with Gasteiger partial charge in [-0.1, -0.05) is 68.4 Å². The smallest absolute Gasteiger partial charge is 0.307 e. The van der Waals surface area contributed by atoms with Crippen LogP contribution in [0.2, 0.25) is 0 Å². The number of benzene rings is 3. The Morgan fingerprint density at radius 2 is 1.64 bits per heavy atom. The molecule has 1 N–H and O–H groups in total. The van der Waals surface area contributed by atoms with Crippen LogP contribution < -0.4 is 9.64 Å². The standard InChI is InChI=1S/C34H38N2O3/c1-23-30(22-31(37)38)33(36-18-16-34(3,4)17-19-36)32(24(2)35-23)27-11-13-29(14-12-27)39-20-15-25-9-10-26-7-5-6-8-28(26)21-25/h5-14,21H,15-20,22H2,1-4H3,(H,37,38). The van der Waals surface area contributed by atoms with Crippen LogP contribution in [-0.4, -0.2) is 35.8 Å². The number of carboxylic acids is 1. The lowest BCUT2D eigenvalue weighted by molar-refractivity contribution is -0.136. The Morgan fingerprint density at radius 3 is 2.33 bits per heavy atom. The molecule has 1 aliphatic heterocycles. The highest BCUT2D eigenvalue weighted by Crippen LogP contribution is 2.41. The number of fused-ring (bicyclic) bond motifs is 1. The molecular weight excluding hydrogens is 484 g/mol. The first-order valence-electron chi connectivity index (χ1n) is 13.9. The predicted molar refractivity (Wildman–Crippen MR) is 159 cm³/mol. The lowest BCUT2D eigenvalue weighted by atomic mass is 9.82. The topological polar surface area (TPSA) is 62.7 Å². The molecule has 5 rings (SSSR count). The van der Waals surface area contributed by atoms with Gasteiger partial charge in [-0.05, 0) is 66.1 Å². The highest BCUT2D eigenvalue weighted by molar-refractivity contribution is 5.86. The first-order valence-corrected chi connectivity index (χ1v) is 13.9. The Hall–Kier alpha value is -3.86. The fourth-order valence-corrected chi connectivity index (χ4v) is 5.66. The van der Waals surface area contributed by atoms with E-state index in [1.54, 1.807) is 0 Å². The van der Waals surface area contributed by atoms with Gasteiger partial charge in [0.15, 0.2) is 0 Å². The van der Waals surface area contributed by atoms with Gasteiger partial charge in [0.1, 0.15) is 5.75 Å². The molecule has 1 aromatic heterocycles. The van der Waals surface area contributed by atoms with Crippen LogP contribution in [0.4, 0.5) is 5.69 Å². The second kappa shape index (κ2) is 11.1. The Labute approximate surface area is 231 Å². The Bertz CT molecular complexity index is 1480. The Balaban J connectivity index is 1.38. The van der Waals surface area contributed by atoms with Crippen LogP contribution in [0.5, 0.6) is 5.75 Å². The molecule has 5 nitrogen and oxygen atoms in total. The van der Waals surface area contributed by atoms with Crippen molar-refractivity contribution in [2.24, 2.45) is 5.41 Å². The number of rotatable bonds is 8. The van der Waals surface area contributed by atoms with E-state index >= 15 is 0 Å². The maximum absolute atomic E-state index is 11.8. The Kier molecular flexibility index (Phi) is 7.60. The maximum atomic E-state index is 11.8. The molecule has 0 amide bonds. The number of pyridine rings is 1. The van der Waals surface area contributed by atoms with E-state index in [0.29, 0.717) is 12.0 Å². The SMILES string of the molecule is Cc1nc(C)c(-c2ccc(OCCc3ccc4ccccc4c3)cc2)c(N2CCC(C)(C)CC2)c1CC(=O)O. The summed E-state index contributed by atoms with van der Waals surface area (Å²) in [7, 11) is 0. The quantitative estimate of drug-likeness (QED) is 0.261. The van der Waals surface area contributed by atoms with Gasteiger partial charge in [0.05, 0.1) is 18.7 Å². The van der Waals surface area contributed by atoms with Crippen molar-refractivity contribution in [3.05, 3.63) is 89.2 Å². The zero-order valence-electron chi connectivity index (χ0n) is 23.5. The first kappa shape index (κ1) is 26.7. The number of aromatic nitrogens is 1. The summed E-state index contributed by atoms with van der Waals surface area (Å²) in [5.74, 6) is -0.00671. The van der Waals surface area contributed by atoms with Crippen molar-refractivity contribution in [3.8, 4) is 16.9 Å².